The van der Waals surface area contributed by atoms with E-state index in [1.54, 1.807) is 0 Å². The standard InChI is InChI=1S/C21H21ClN2O3/c22-17-11-15(19(25)12-20(17)26)21-16-13-24(10-8-18(16)23-27-21)9-4-7-14-5-2-1-3-6-14/h1-3,5-6,11-12,25-26H,4,7-10,13H2. The van der Waals surface area contributed by atoms with E-state index in [0.29, 0.717) is 11.3 Å². The molecule has 3 aromatic rings. The minimum atomic E-state index is -0.158. The summed E-state index contributed by atoms with van der Waals surface area (Å²) in [5.74, 6) is 0.294. The Morgan fingerprint density at radius 1 is 1.11 bits per heavy atom. The summed E-state index contributed by atoms with van der Waals surface area (Å²) in [6.07, 6.45) is 2.95. The molecule has 0 bridgehead atoms. The van der Waals surface area contributed by atoms with Gasteiger partial charge in [0.15, 0.2) is 5.76 Å². The lowest BCUT2D eigenvalue weighted by Gasteiger charge is -2.26. The molecule has 5 nitrogen and oxygen atoms in total. The first kappa shape index (κ1) is 17.9. The van der Waals surface area contributed by atoms with E-state index in [1.165, 1.54) is 17.7 Å². The molecule has 0 saturated carbocycles. The summed E-state index contributed by atoms with van der Waals surface area (Å²) < 4.78 is 5.52. The fourth-order valence-electron chi connectivity index (χ4n) is 3.55. The van der Waals surface area contributed by atoms with Gasteiger partial charge in [-0.1, -0.05) is 47.1 Å². The maximum Gasteiger partial charge on any atom is 0.175 e. The topological polar surface area (TPSA) is 69.7 Å². The van der Waals surface area contributed by atoms with E-state index < -0.39 is 0 Å². The van der Waals surface area contributed by atoms with Crippen molar-refractivity contribution in [1.82, 2.24) is 10.1 Å². The second-order valence-electron chi connectivity index (χ2n) is 6.87. The molecule has 27 heavy (non-hydrogen) atoms. The summed E-state index contributed by atoms with van der Waals surface area (Å²) in [6, 6.07) is 13.2. The van der Waals surface area contributed by atoms with Gasteiger partial charge < -0.3 is 14.7 Å². The van der Waals surface area contributed by atoms with Gasteiger partial charge in [0.25, 0.3) is 0 Å². The van der Waals surface area contributed by atoms with Crippen molar-refractivity contribution >= 4 is 11.6 Å². The Bertz CT molecular complexity index is 940. The van der Waals surface area contributed by atoms with Crippen molar-refractivity contribution in [2.75, 3.05) is 13.1 Å². The second kappa shape index (κ2) is 7.62. The van der Waals surface area contributed by atoms with Crippen LogP contribution < -0.4 is 0 Å². The predicted molar refractivity (Wildman–Crippen MR) is 104 cm³/mol. The highest BCUT2D eigenvalue weighted by Crippen LogP contribution is 2.40. The molecule has 4 rings (SSSR count). The third-order valence-electron chi connectivity index (χ3n) is 5.01. The molecular weight excluding hydrogens is 364 g/mol. The van der Waals surface area contributed by atoms with Crippen molar-refractivity contribution in [3.8, 4) is 22.8 Å². The number of benzene rings is 2. The summed E-state index contributed by atoms with van der Waals surface area (Å²) in [7, 11) is 0. The van der Waals surface area contributed by atoms with Gasteiger partial charge in [0.05, 0.1) is 16.3 Å². The Morgan fingerprint density at radius 3 is 2.74 bits per heavy atom. The van der Waals surface area contributed by atoms with Crippen LogP contribution in [0.25, 0.3) is 11.3 Å². The van der Waals surface area contributed by atoms with Crippen LogP contribution in [0.4, 0.5) is 0 Å². The number of aromatic hydroxyl groups is 2. The predicted octanol–water partition coefficient (Wildman–Crippen LogP) is 4.40. The number of rotatable bonds is 5. The molecule has 0 atom stereocenters. The molecule has 0 fully saturated rings. The Kier molecular flexibility index (Phi) is 5.05. The smallest absolute Gasteiger partial charge is 0.175 e. The van der Waals surface area contributed by atoms with Crippen LogP contribution in [0.3, 0.4) is 0 Å². The number of nitrogens with zero attached hydrogens (tertiary/aromatic N) is 2. The monoisotopic (exact) mass is 384 g/mol. The molecule has 2 heterocycles. The van der Waals surface area contributed by atoms with Gasteiger partial charge in [-0.05, 0) is 31.0 Å². The lowest BCUT2D eigenvalue weighted by atomic mass is 10.0. The van der Waals surface area contributed by atoms with Crippen LogP contribution in [-0.2, 0) is 19.4 Å². The minimum Gasteiger partial charge on any atom is -0.507 e. The van der Waals surface area contributed by atoms with Gasteiger partial charge in [0.2, 0.25) is 0 Å². The first-order chi connectivity index (χ1) is 13.1. The summed E-state index contributed by atoms with van der Waals surface area (Å²) in [5.41, 5.74) is 3.72. The van der Waals surface area contributed by atoms with Crippen LogP contribution in [0.15, 0.2) is 47.0 Å². The Hall–Kier alpha value is -2.50. The molecule has 0 unspecified atom stereocenters. The highest BCUT2D eigenvalue weighted by molar-refractivity contribution is 6.32. The lowest BCUT2D eigenvalue weighted by molar-refractivity contribution is 0.250. The third-order valence-corrected chi connectivity index (χ3v) is 5.31. The maximum absolute atomic E-state index is 10.2. The lowest BCUT2D eigenvalue weighted by Crippen LogP contribution is -2.31. The van der Waals surface area contributed by atoms with E-state index in [-0.39, 0.29) is 16.5 Å². The maximum atomic E-state index is 10.2. The van der Waals surface area contributed by atoms with Crippen molar-refractivity contribution < 1.29 is 14.7 Å². The van der Waals surface area contributed by atoms with E-state index in [9.17, 15) is 10.2 Å². The number of halogens is 1. The van der Waals surface area contributed by atoms with E-state index >= 15 is 0 Å². The zero-order chi connectivity index (χ0) is 18.8. The molecule has 6 heteroatoms. The summed E-state index contributed by atoms with van der Waals surface area (Å²) in [6.45, 7) is 2.65. The second-order valence-corrected chi connectivity index (χ2v) is 7.28. The highest BCUT2D eigenvalue weighted by Gasteiger charge is 2.26. The number of phenolic OH excluding ortho intramolecular Hbond substituents is 2. The molecule has 140 valence electrons. The molecule has 1 aliphatic heterocycles. The first-order valence-electron chi connectivity index (χ1n) is 9.07. The Labute approximate surface area is 162 Å². The SMILES string of the molecule is Oc1cc(O)c(-c2onc3c2CN(CCCc2ccccc2)CC3)cc1Cl. The van der Waals surface area contributed by atoms with E-state index in [0.717, 1.165) is 50.2 Å². The third kappa shape index (κ3) is 3.80. The van der Waals surface area contributed by atoms with Gasteiger partial charge >= 0.3 is 0 Å². The molecular formula is C21H21ClN2O3. The average Bonchev–Trinajstić information content (AvgIpc) is 3.09. The van der Waals surface area contributed by atoms with Crippen LogP contribution in [-0.4, -0.2) is 33.4 Å². The summed E-state index contributed by atoms with van der Waals surface area (Å²) >= 11 is 6.01. The molecule has 0 saturated heterocycles. The molecule has 0 radical (unpaired) electrons. The zero-order valence-corrected chi connectivity index (χ0v) is 15.6. The molecule has 2 N–H and O–H groups in total. The van der Waals surface area contributed by atoms with Gasteiger partial charge in [-0.3, -0.25) is 4.90 Å². The minimum absolute atomic E-state index is 0.0722. The number of aryl methyl sites for hydroxylation is 1. The van der Waals surface area contributed by atoms with E-state index in [1.807, 2.05) is 6.07 Å². The van der Waals surface area contributed by atoms with Crippen molar-refractivity contribution in [3.05, 3.63) is 64.3 Å². The van der Waals surface area contributed by atoms with Crippen molar-refractivity contribution in [1.29, 1.82) is 0 Å². The molecule has 1 aliphatic rings. The Balaban J connectivity index is 1.48. The van der Waals surface area contributed by atoms with Crippen molar-refractivity contribution in [2.24, 2.45) is 0 Å². The summed E-state index contributed by atoms with van der Waals surface area (Å²) in [4.78, 5) is 2.38. The number of hydrogen-bond acceptors (Lipinski definition) is 5. The van der Waals surface area contributed by atoms with Crippen LogP contribution in [0.1, 0.15) is 23.2 Å². The fourth-order valence-corrected chi connectivity index (χ4v) is 3.72. The molecule has 0 spiro atoms. The van der Waals surface area contributed by atoms with Gasteiger partial charge in [0.1, 0.15) is 11.5 Å². The van der Waals surface area contributed by atoms with E-state index in [2.05, 4.69) is 34.3 Å². The first-order valence-corrected chi connectivity index (χ1v) is 9.45. The fraction of sp³-hybridized carbons (Fsp3) is 0.286. The van der Waals surface area contributed by atoms with Crippen molar-refractivity contribution in [2.45, 2.75) is 25.8 Å². The zero-order valence-electron chi connectivity index (χ0n) is 14.9. The van der Waals surface area contributed by atoms with Crippen LogP contribution in [0.5, 0.6) is 11.5 Å². The molecule has 0 aliphatic carbocycles. The van der Waals surface area contributed by atoms with Crippen molar-refractivity contribution in [3.63, 3.8) is 0 Å². The van der Waals surface area contributed by atoms with Gasteiger partial charge in [-0.15, -0.1) is 0 Å². The quantitative estimate of drug-likeness (QED) is 0.682. The van der Waals surface area contributed by atoms with E-state index in [4.69, 9.17) is 16.1 Å². The molecule has 2 aromatic carbocycles. The van der Waals surface area contributed by atoms with Crippen LogP contribution >= 0.6 is 11.6 Å². The number of hydrogen-bond donors (Lipinski definition) is 2. The van der Waals surface area contributed by atoms with Gasteiger partial charge in [-0.25, -0.2) is 0 Å². The number of fused-ring (bicyclic) bond motifs is 1. The number of aromatic nitrogens is 1. The molecule has 1 aromatic heterocycles. The van der Waals surface area contributed by atoms with Crippen LogP contribution in [0, 0.1) is 0 Å². The summed E-state index contributed by atoms with van der Waals surface area (Å²) in [5, 5.41) is 24.2. The molecule has 0 amide bonds. The van der Waals surface area contributed by atoms with Gasteiger partial charge in [-0.2, -0.15) is 0 Å². The van der Waals surface area contributed by atoms with Crippen LogP contribution in [0.2, 0.25) is 5.02 Å². The Morgan fingerprint density at radius 2 is 1.93 bits per heavy atom. The van der Waals surface area contributed by atoms with Gasteiger partial charge in [0, 0.05) is 31.1 Å². The normalized spacial score (nSPS) is 14.3. The largest absolute Gasteiger partial charge is 0.507 e. The number of phenols is 2. The average molecular weight is 385 g/mol. The highest BCUT2D eigenvalue weighted by atomic mass is 35.5.